The lowest BCUT2D eigenvalue weighted by Gasteiger charge is -2.38. The summed E-state index contributed by atoms with van der Waals surface area (Å²) in [5.74, 6) is -1.13. The number of carbonyl (C=O) groups is 3. The molecule has 3 atom stereocenters. The quantitative estimate of drug-likeness (QED) is 0.386. The minimum absolute atomic E-state index is 0.00835. The smallest absolute Gasteiger partial charge is 0.180 e. The molecular formula is C31H26ClNO3. The second kappa shape index (κ2) is 7.75. The van der Waals surface area contributed by atoms with Crippen LogP contribution in [-0.4, -0.2) is 29.4 Å². The third-order valence-corrected chi connectivity index (χ3v) is 8.20. The van der Waals surface area contributed by atoms with E-state index in [9.17, 15) is 14.4 Å². The van der Waals surface area contributed by atoms with Gasteiger partial charge in [0.1, 0.15) is 5.41 Å². The number of rotatable bonds is 2. The molecule has 2 heterocycles. The fourth-order valence-electron chi connectivity index (χ4n) is 6.40. The summed E-state index contributed by atoms with van der Waals surface area (Å²) in [6.07, 6.45) is 3.92. The lowest BCUT2D eigenvalue weighted by atomic mass is 9.63. The first-order valence-electron chi connectivity index (χ1n) is 12.2. The molecule has 2 aliphatic heterocycles. The zero-order chi connectivity index (χ0) is 25.4. The summed E-state index contributed by atoms with van der Waals surface area (Å²) >= 11 is 6.24. The Morgan fingerprint density at radius 1 is 0.861 bits per heavy atom. The van der Waals surface area contributed by atoms with Crippen molar-refractivity contribution in [3.05, 3.63) is 106 Å². The van der Waals surface area contributed by atoms with Crippen LogP contribution in [0.2, 0.25) is 5.02 Å². The van der Waals surface area contributed by atoms with E-state index in [0.29, 0.717) is 16.1 Å². The topological polar surface area (TPSA) is 54.5 Å². The first-order chi connectivity index (χ1) is 17.2. The van der Waals surface area contributed by atoms with Crippen molar-refractivity contribution >= 4 is 40.7 Å². The number of hydrogen-bond donors (Lipinski definition) is 0. The molecule has 0 N–H and O–H groups in total. The van der Waals surface area contributed by atoms with Crippen molar-refractivity contribution in [2.75, 3.05) is 4.90 Å². The van der Waals surface area contributed by atoms with Crippen LogP contribution in [0.4, 0.5) is 5.69 Å². The second-order valence-corrected chi connectivity index (χ2v) is 11.4. The highest BCUT2D eigenvalue weighted by Gasteiger charge is 2.71. The van der Waals surface area contributed by atoms with Crippen LogP contribution >= 0.6 is 11.6 Å². The van der Waals surface area contributed by atoms with Crippen LogP contribution in [0.5, 0.6) is 0 Å². The molecule has 3 aromatic carbocycles. The van der Waals surface area contributed by atoms with E-state index < -0.39 is 28.8 Å². The van der Waals surface area contributed by atoms with Gasteiger partial charge < -0.3 is 4.90 Å². The first-order valence-corrected chi connectivity index (χ1v) is 12.6. The predicted octanol–water partition coefficient (Wildman–Crippen LogP) is 6.39. The second-order valence-electron chi connectivity index (χ2n) is 10.9. The van der Waals surface area contributed by atoms with Crippen LogP contribution in [-0.2, 0) is 4.79 Å². The fourth-order valence-corrected chi connectivity index (χ4v) is 6.53. The number of carbonyl (C=O) groups excluding carboxylic acids is 3. The molecule has 1 spiro atoms. The highest BCUT2D eigenvalue weighted by Crippen LogP contribution is 2.61. The highest BCUT2D eigenvalue weighted by molar-refractivity contribution is 6.32. The van der Waals surface area contributed by atoms with E-state index in [1.165, 1.54) is 0 Å². The van der Waals surface area contributed by atoms with Gasteiger partial charge in [0.05, 0.1) is 12.1 Å². The van der Waals surface area contributed by atoms with Gasteiger partial charge in [-0.1, -0.05) is 99.1 Å². The Hall–Kier alpha value is -3.50. The molecule has 3 aliphatic rings. The normalized spacial score (nSPS) is 23.6. The molecule has 6 rings (SSSR count). The monoisotopic (exact) mass is 495 g/mol. The average Bonchev–Trinajstić information content (AvgIpc) is 3.30. The van der Waals surface area contributed by atoms with Crippen LogP contribution in [0, 0.1) is 10.8 Å². The van der Waals surface area contributed by atoms with Gasteiger partial charge in [0.25, 0.3) is 0 Å². The number of Topliss-reactive ketones (excluding diaryl/α,β-unsaturated/α-hetero) is 3. The van der Waals surface area contributed by atoms with E-state index in [1.807, 2.05) is 74.2 Å². The van der Waals surface area contributed by atoms with Gasteiger partial charge in [0.15, 0.2) is 17.3 Å². The third kappa shape index (κ3) is 2.91. The standard InChI is InChI=1S/C31H26ClNO3/c1-30(2,3)29(36)26-25(19-12-15-20(32)16-13-19)31(27(34)21-9-5-6-10-22(21)28(31)35)24-17-14-18-8-4-7-11-23(18)33(24)26/h4-17,24-26H,1-3H3/t24-,25+,26-/m0/s1. The molecule has 4 nitrogen and oxygen atoms in total. The molecule has 5 heteroatoms. The SMILES string of the molecule is CC(C)(C)C(=O)[C@@H]1[C@@H](c2ccc(Cl)cc2)C2(C(=O)c3ccccc3C2=O)[C@@H]2C=Cc3ccccc3N12. The van der Waals surface area contributed by atoms with Crippen molar-refractivity contribution in [3.8, 4) is 0 Å². The summed E-state index contributed by atoms with van der Waals surface area (Å²) in [5.41, 5.74) is 1.28. The van der Waals surface area contributed by atoms with E-state index in [4.69, 9.17) is 11.6 Å². The van der Waals surface area contributed by atoms with Gasteiger partial charge in [0.2, 0.25) is 0 Å². The average molecular weight is 496 g/mol. The molecule has 0 aromatic heterocycles. The summed E-state index contributed by atoms with van der Waals surface area (Å²) in [5, 5.41) is 0.555. The number of halogens is 1. The van der Waals surface area contributed by atoms with Crippen molar-refractivity contribution in [2.45, 2.75) is 38.8 Å². The predicted molar refractivity (Wildman–Crippen MR) is 142 cm³/mol. The summed E-state index contributed by atoms with van der Waals surface area (Å²) < 4.78 is 0. The number of anilines is 1. The number of para-hydroxylation sites is 1. The van der Waals surface area contributed by atoms with Crippen LogP contribution in [0.1, 0.15) is 58.5 Å². The molecule has 1 fully saturated rings. The summed E-state index contributed by atoms with van der Waals surface area (Å²) in [6, 6.07) is 20.8. The maximum atomic E-state index is 14.4. The molecule has 0 radical (unpaired) electrons. The van der Waals surface area contributed by atoms with Gasteiger partial charge in [-0.15, -0.1) is 0 Å². The number of fused-ring (bicyclic) bond motifs is 5. The van der Waals surface area contributed by atoms with E-state index in [2.05, 4.69) is 0 Å². The van der Waals surface area contributed by atoms with Gasteiger partial charge in [-0.25, -0.2) is 0 Å². The Morgan fingerprint density at radius 2 is 1.44 bits per heavy atom. The number of benzene rings is 3. The largest absolute Gasteiger partial charge is 0.352 e. The van der Waals surface area contributed by atoms with Crippen LogP contribution in [0.15, 0.2) is 78.9 Å². The van der Waals surface area contributed by atoms with Crippen molar-refractivity contribution < 1.29 is 14.4 Å². The summed E-state index contributed by atoms with van der Waals surface area (Å²) in [7, 11) is 0. The van der Waals surface area contributed by atoms with Crippen molar-refractivity contribution in [3.63, 3.8) is 0 Å². The van der Waals surface area contributed by atoms with Gasteiger partial charge in [-0.2, -0.15) is 0 Å². The maximum Gasteiger partial charge on any atom is 0.180 e. The van der Waals surface area contributed by atoms with E-state index in [1.54, 1.807) is 36.4 Å². The van der Waals surface area contributed by atoms with E-state index >= 15 is 0 Å². The number of ketones is 3. The first kappa shape index (κ1) is 22.9. The molecule has 0 bridgehead atoms. The summed E-state index contributed by atoms with van der Waals surface area (Å²) in [4.78, 5) is 45.2. The molecule has 36 heavy (non-hydrogen) atoms. The Morgan fingerprint density at radius 3 is 2.06 bits per heavy atom. The number of hydrogen-bond acceptors (Lipinski definition) is 4. The fraction of sp³-hybridized carbons (Fsp3) is 0.258. The number of nitrogens with zero attached hydrogens (tertiary/aromatic N) is 1. The maximum absolute atomic E-state index is 14.4. The Balaban J connectivity index is 1.70. The Bertz CT molecular complexity index is 1430. The summed E-state index contributed by atoms with van der Waals surface area (Å²) in [6.45, 7) is 5.69. The van der Waals surface area contributed by atoms with Gasteiger partial charge in [-0.05, 0) is 29.3 Å². The minimum atomic E-state index is -1.47. The van der Waals surface area contributed by atoms with Crippen molar-refractivity contribution in [1.82, 2.24) is 0 Å². The molecule has 180 valence electrons. The molecule has 1 aliphatic carbocycles. The van der Waals surface area contributed by atoms with Gasteiger partial charge in [0, 0.05) is 33.2 Å². The van der Waals surface area contributed by atoms with E-state index in [0.717, 1.165) is 16.8 Å². The molecular weight excluding hydrogens is 470 g/mol. The van der Waals surface area contributed by atoms with E-state index in [-0.39, 0.29) is 17.3 Å². The minimum Gasteiger partial charge on any atom is -0.352 e. The van der Waals surface area contributed by atoms with Crippen molar-refractivity contribution in [1.29, 1.82) is 0 Å². The van der Waals surface area contributed by atoms with Crippen LogP contribution in [0.25, 0.3) is 6.08 Å². The third-order valence-electron chi connectivity index (χ3n) is 7.95. The van der Waals surface area contributed by atoms with Crippen molar-refractivity contribution in [2.24, 2.45) is 10.8 Å². The molecule has 0 unspecified atom stereocenters. The molecule has 0 amide bonds. The lowest BCUT2D eigenvalue weighted by Crippen LogP contribution is -2.49. The van der Waals surface area contributed by atoms with Crippen LogP contribution < -0.4 is 4.90 Å². The highest BCUT2D eigenvalue weighted by atomic mass is 35.5. The zero-order valence-corrected chi connectivity index (χ0v) is 21.1. The molecule has 3 aromatic rings. The van der Waals surface area contributed by atoms with Crippen LogP contribution in [0.3, 0.4) is 0 Å². The van der Waals surface area contributed by atoms with Gasteiger partial charge in [-0.3, -0.25) is 14.4 Å². The van der Waals surface area contributed by atoms with Gasteiger partial charge >= 0.3 is 0 Å². The molecule has 0 saturated carbocycles. The molecule has 1 saturated heterocycles. The lowest BCUT2D eigenvalue weighted by molar-refractivity contribution is -0.127. The Labute approximate surface area is 215 Å². The Kier molecular flexibility index (Phi) is 4.94. The zero-order valence-electron chi connectivity index (χ0n) is 20.4.